The molecule has 0 bridgehead atoms. The summed E-state index contributed by atoms with van der Waals surface area (Å²) in [6, 6.07) is 6.61. The summed E-state index contributed by atoms with van der Waals surface area (Å²) in [6.45, 7) is 0. The molecular formula is C13H9F2NO3. The number of ether oxygens (including phenoxy) is 1. The zero-order valence-electron chi connectivity index (χ0n) is 9.56. The van der Waals surface area contributed by atoms with Crippen molar-refractivity contribution in [2.75, 3.05) is 5.73 Å². The van der Waals surface area contributed by atoms with Crippen molar-refractivity contribution in [2.24, 2.45) is 0 Å². The van der Waals surface area contributed by atoms with Crippen LogP contribution < -0.4 is 10.5 Å². The fourth-order valence-electron chi connectivity index (χ4n) is 1.51. The van der Waals surface area contributed by atoms with Crippen LogP contribution in [0, 0.1) is 11.6 Å². The summed E-state index contributed by atoms with van der Waals surface area (Å²) in [7, 11) is 0. The average molecular weight is 265 g/mol. The first-order chi connectivity index (χ1) is 8.95. The van der Waals surface area contributed by atoms with Crippen LogP contribution in [0.3, 0.4) is 0 Å². The summed E-state index contributed by atoms with van der Waals surface area (Å²) in [5.74, 6) is -2.74. The van der Waals surface area contributed by atoms with Gasteiger partial charge in [-0.3, -0.25) is 0 Å². The Morgan fingerprint density at radius 3 is 2.26 bits per heavy atom. The molecule has 0 saturated heterocycles. The minimum Gasteiger partial charge on any atom is -0.478 e. The standard InChI is InChI=1S/C13H9F2NO3/c14-7-3-8(15)5-10(4-7)19-9-1-2-12(16)11(6-9)13(17)18/h1-6H,16H2,(H,17,18). The topological polar surface area (TPSA) is 72.5 Å². The number of carboxylic acid groups (broad SMARTS) is 1. The van der Waals surface area contributed by atoms with Crippen LogP contribution in [0.25, 0.3) is 0 Å². The molecule has 0 aromatic heterocycles. The number of hydrogen-bond donors (Lipinski definition) is 2. The monoisotopic (exact) mass is 265 g/mol. The quantitative estimate of drug-likeness (QED) is 0.836. The molecule has 4 nitrogen and oxygen atoms in total. The number of carbonyl (C=O) groups is 1. The molecule has 98 valence electrons. The molecule has 2 rings (SSSR count). The predicted molar refractivity (Wildman–Crippen MR) is 64.2 cm³/mol. The molecule has 0 heterocycles. The summed E-state index contributed by atoms with van der Waals surface area (Å²) in [4.78, 5) is 10.9. The summed E-state index contributed by atoms with van der Waals surface area (Å²) in [5, 5.41) is 8.89. The van der Waals surface area contributed by atoms with E-state index in [1.165, 1.54) is 18.2 Å². The summed E-state index contributed by atoms with van der Waals surface area (Å²) >= 11 is 0. The molecule has 0 aliphatic carbocycles. The van der Waals surface area contributed by atoms with Crippen LogP contribution in [0.1, 0.15) is 10.4 Å². The summed E-state index contributed by atoms with van der Waals surface area (Å²) in [5.41, 5.74) is 5.41. The first kappa shape index (κ1) is 12.8. The van der Waals surface area contributed by atoms with Gasteiger partial charge in [0.1, 0.15) is 23.1 Å². The number of nitrogen functional groups attached to an aromatic ring is 1. The molecular weight excluding hydrogens is 256 g/mol. The van der Waals surface area contributed by atoms with Gasteiger partial charge in [-0.1, -0.05) is 0 Å². The fraction of sp³-hybridized carbons (Fsp3) is 0. The van der Waals surface area contributed by atoms with Crippen LogP contribution in [0.2, 0.25) is 0 Å². The van der Waals surface area contributed by atoms with Gasteiger partial charge in [-0.05, 0) is 18.2 Å². The van der Waals surface area contributed by atoms with Crippen molar-refractivity contribution in [3.63, 3.8) is 0 Å². The van der Waals surface area contributed by atoms with Gasteiger partial charge in [-0.15, -0.1) is 0 Å². The third-order valence-corrected chi connectivity index (χ3v) is 2.33. The van der Waals surface area contributed by atoms with Crippen molar-refractivity contribution in [3.8, 4) is 11.5 Å². The Labute approximate surface area is 107 Å². The lowest BCUT2D eigenvalue weighted by atomic mass is 10.2. The fourth-order valence-corrected chi connectivity index (χ4v) is 1.51. The van der Waals surface area contributed by atoms with E-state index in [0.717, 1.165) is 12.1 Å². The van der Waals surface area contributed by atoms with Crippen molar-refractivity contribution in [2.45, 2.75) is 0 Å². The highest BCUT2D eigenvalue weighted by atomic mass is 19.1. The molecule has 19 heavy (non-hydrogen) atoms. The van der Waals surface area contributed by atoms with Crippen molar-refractivity contribution in [3.05, 3.63) is 53.6 Å². The largest absolute Gasteiger partial charge is 0.478 e. The Morgan fingerprint density at radius 1 is 1.05 bits per heavy atom. The molecule has 6 heteroatoms. The van der Waals surface area contributed by atoms with Gasteiger partial charge in [-0.25, -0.2) is 13.6 Å². The number of hydrogen-bond acceptors (Lipinski definition) is 3. The van der Waals surface area contributed by atoms with Gasteiger partial charge < -0.3 is 15.6 Å². The second-order valence-corrected chi connectivity index (χ2v) is 3.76. The van der Waals surface area contributed by atoms with E-state index >= 15 is 0 Å². The molecule has 0 spiro atoms. The van der Waals surface area contributed by atoms with Gasteiger partial charge in [-0.2, -0.15) is 0 Å². The highest BCUT2D eigenvalue weighted by molar-refractivity contribution is 5.94. The third kappa shape index (κ3) is 2.98. The lowest BCUT2D eigenvalue weighted by Gasteiger charge is -2.08. The lowest BCUT2D eigenvalue weighted by molar-refractivity contribution is 0.0697. The van der Waals surface area contributed by atoms with Gasteiger partial charge in [0.2, 0.25) is 0 Å². The van der Waals surface area contributed by atoms with Crippen LogP contribution in [0.4, 0.5) is 14.5 Å². The number of rotatable bonds is 3. The van der Waals surface area contributed by atoms with E-state index in [-0.39, 0.29) is 22.7 Å². The second kappa shape index (κ2) is 4.93. The van der Waals surface area contributed by atoms with E-state index in [1.54, 1.807) is 0 Å². The number of nitrogens with two attached hydrogens (primary N) is 1. The Bertz CT molecular complexity index is 624. The minimum absolute atomic E-state index is 0.0707. The number of anilines is 1. The number of aromatic carboxylic acids is 1. The SMILES string of the molecule is Nc1ccc(Oc2cc(F)cc(F)c2)cc1C(=O)O. The minimum atomic E-state index is -1.21. The van der Waals surface area contributed by atoms with Crippen molar-refractivity contribution in [1.29, 1.82) is 0 Å². The predicted octanol–water partition coefficient (Wildman–Crippen LogP) is 3.04. The Balaban J connectivity index is 2.33. The van der Waals surface area contributed by atoms with Crippen molar-refractivity contribution < 1.29 is 23.4 Å². The molecule has 2 aromatic carbocycles. The second-order valence-electron chi connectivity index (χ2n) is 3.76. The van der Waals surface area contributed by atoms with Crippen molar-refractivity contribution >= 4 is 11.7 Å². The molecule has 0 aliphatic heterocycles. The zero-order chi connectivity index (χ0) is 14.0. The first-order valence-electron chi connectivity index (χ1n) is 5.22. The van der Waals surface area contributed by atoms with E-state index < -0.39 is 17.6 Å². The molecule has 0 fully saturated rings. The number of carboxylic acids is 1. The molecule has 0 atom stereocenters. The Kier molecular flexibility index (Phi) is 3.33. The van der Waals surface area contributed by atoms with Crippen LogP contribution in [0.15, 0.2) is 36.4 Å². The Hall–Kier alpha value is -2.63. The van der Waals surface area contributed by atoms with Crippen LogP contribution >= 0.6 is 0 Å². The molecule has 3 N–H and O–H groups in total. The zero-order valence-corrected chi connectivity index (χ0v) is 9.56. The van der Waals surface area contributed by atoms with Crippen LogP contribution in [-0.4, -0.2) is 11.1 Å². The molecule has 0 unspecified atom stereocenters. The van der Waals surface area contributed by atoms with Crippen molar-refractivity contribution in [1.82, 2.24) is 0 Å². The Morgan fingerprint density at radius 2 is 1.68 bits per heavy atom. The van der Waals surface area contributed by atoms with Crippen LogP contribution in [-0.2, 0) is 0 Å². The number of benzene rings is 2. The molecule has 0 aliphatic rings. The van der Waals surface area contributed by atoms with E-state index in [4.69, 9.17) is 15.6 Å². The van der Waals surface area contributed by atoms with Gasteiger partial charge in [0.15, 0.2) is 0 Å². The maximum atomic E-state index is 13.0. The highest BCUT2D eigenvalue weighted by Crippen LogP contribution is 2.26. The maximum absolute atomic E-state index is 13.0. The summed E-state index contributed by atoms with van der Waals surface area (Å²) < 4.78 is 31.1. The van der Waals surface area contributed by atoms with Crippen LogP contribution in [0.5, 0.6) is 11.5 Å². The number of halogens is 2. The first-order valence-corrected chi connectivity index (χ1v) is 5.22. The maximum Gasteiger partial charge on any atom is 0.337 e. The van der Waals surface area contributed by atoms with E-state index in [9.17, 15) is 13.6 Å². The van der Waals surface area contributed by atoms with Gasteiger partial charge in [0.25, 0.3) is 0 Å². The third-order valence-electron chi connectivity index (χ3n) is 2.33. The molecule has 0 saturated carbocycles. The highest BCUT2D eigenvalue weighted by Gasteiger charge is 2.10. The van der Waals surface area contributed by atoms with E-state index in [1.807, 2.05) is 0 Å². The smallest absolute Gasteiger partial charge is 0.337 e. The molecule has 0 amide bonds. The van der Waals surface area contributed by atoms with E-state index in [2.05, 4.69) is 0 Å². The van der Waals surface area contributed by atoms with Gasteiger partial charge in [0, 0.05) is 23.9 Å². The summed E-state index contributed by atoms with van der Waals surface area (Å²) in [6.07, 6.45) is 0. The lowest BCUT2D eigenvalue weighted by Crippen LogP contribution is -2.02. The molecule has 0 radical (unpaired) electrons. The average Bonchev–Trinajstić information content (AvgIpc) is 2.30. The van der Waals surface area contributed by atoms with E-state index in [0.29, 0.717) is 6.07 Å². The molecule has 2 aromatic rings. The van der Waals surface area contributed by atoms with Gasteiger partial charge in [0.05, 0.1) is 5.56 Å². The van der Waals surface area contributed by atoms with Gasteiger partial charge >= 0.3 is 5.97 Å². The normalized spacial score (nSPS) is 10.2.